The highest BCUT2D eigenvalue weighted by Gasteiger charge is 2.21. The summed E-state index contributed by atoms with van der Waals surface area (Å²) in [6, 6.07) is 10.9. The average Bonchev–Trinajstić information content (AvgIpc) is 2.91. The number of rotatable bonds is 5. The van der Waals surface area contributed by atoms with E-state index in [1.807, 2.05) is 0 Å². The van der Waals surface area contributed by atoms with Crippen LogP contribution in [-0.2, 0) is 11.2 Å². The predicted octanol–water partition coefficient (Wildman–Crippen LogP) is 3.73. The van der Waals surface area contributed by atoms with Crippen molar-refractivity contribution in [3.63, 3.8) is 0 Å². The number of amides is 1. The molecule has 3 heteroatoms. The van der Waals surface area contributed by atoms with E-state index in [4.69, 9.17) is 0 Å². The van der Waals surface area contributed by atoms with Crippen LogP contribution in [0.2, 0.25) is 0 Å². The van der Waals surface area contributed by atoms with Crippen LogP contribution in [0.15, 0.2) is 30.3 Å². The van der Waals surface area contributed by atoms with Gasteiger partial charge in [0.1, 0.15) is 0 Å². The highest BCUT2D eigenvalue weighted by Crippen LogP contribution is 2.22. The topological polar surface area (TPSA) is 23.6 Å². The predicted molar refractivity (Wildman–Crippen MR) is 99.0 cm³/mol. The maximum absolute atomic E-state index is 12.4. The molecule has 0 N–H and O–H groups in total. The summed E-state index contributed by atoms with van der Waals surface area (Å²) in [7, 11) is 0. The van der Waals surface area contributed by atoms with Crippen LogP contribution in [0.3, 0.4) is 0 Å². The molecule has 24 heavy (non-hydrogen) atoms. The molecule has 0 unspecified atom stereocenters. The first-order valence-electron chi connectivity index (χ1n) is 9.85. The van der Waals surface area contributed by atoms with Gasteiger partial charge in [0.15, 0.2) is 0 Å². The van der Waals surface area contributed by atoms with Crippen molar-refractivity contribution in [2.75, 3.05) is 32.7 Å². The largest absolute Gasteiger partial charge is 0.343 e. The Labute approximate surface area is 147 Å². The van der Waals surface area contributed by atoms with Crippen LogP contribution in [0, 0.1) is 5.92 Å². The van der Waals surface area contributed by atoms with Crippen LogP contribution in [-0.4, -0.2) is 48.4 Å². The Morgan fingerprint density at radius 2 is 1.58 bits per heavy atom. The van der Waals surface area contributed by atoms with Crippen LogP contribution >= 0.6 is 0 Å². The Morgan fingerprint density at radius 1 is 0.917 bits per heavy atom. The van der Waals surface area contributed by atoms with E-state index in [9.17, 15) is 4.79 Å². The lowest BCUT2D eigenvalue weighted by Gasteiger charge is -2.32. The maximum atomic E-state index is 12.4. The summed E-state index contributed by atoms with van der Waals surface area (Å²) in [5.41, 5.74) is 1.47. The van der Waals surface area contributed by atoms with Crippen molar-refractivity contribution in [2.24, 2.45) is 5.92 Å². The van der Waals surface area contributed by atoms with E-state index in [2.05, 4.69) is 40.1 Å². The van der Waals surface area contributed by atoms with Crippen LogP contribution in [0.4, 0.5) is 0 Å². The molecule has 0 aliphatic carbocycles. The van der Waals surface area contributed by atoms with E-state index in [1.54, 1.807) is 0 Å². The zero-order chi connectivity index (χ0) is 16.6. The average molecular weight is 329 g/mol. The number of piperidine rings is 1. The monoisotopic (exact) mass is 328 g/mol. The first-order valence-corrected chi connectivity index (χ1v) is 9.85. The van der Waals surface area contributed by atoms with E-state index in [0.29, 0.717) is 12.3 Å². The van der Waals surface area contributed by atoms with E-state index in [-0.39, 0.29) is 0 Å². The molecule has 2 heterocycles. The summed E-state index contributed by atoms with van der Waals surface area (Å²) in [6.45, 7) is 5.24. The van der Waals surface area contributed by atoms with E-state index in [1.165, 1.54) is 50.5 Å². The van der Waals surface area contributed by atoms with Crippen molar-refractivity contribution < 1.29 is 4.79 Å². The molecule has 0 radical (unpaired) electrons. The van der Waals surface area contributed by atoms with Crippen molar-refractivity contribution in [3.05, 3.63) is 35.9 Å². The number of nitrogens with zero attached hydrogens (tertiary/aromatic N) is 2. The molecule has 0 bridgehead atoms. The number of hydrogen-bond donors (Lipinski definition) is 0. The van der Waals surface area contributed by atoms with Gasteiger partial charge in [0.2, 0.25) is 5.91 Å². The lowest BCUT2D eigenvalue weighted by atomic mass is 9.90. The molecular formula is C21H32N2O. The minimum atomic E-state index is 0.378. The molecule has 132 valence electrons. The number of hydrogen-bond acceptors (Lipinski definition) is 2. The molecule has 1 amide bonds. The van der Waals surface area contributed by atoms with Crippen molar-refractivity contribution in [1.82, 2.24) is 9.80 Å². The molecule has 2 aliphatic heterocycles. The molecule has 3 rings (SSSR count). The molecule has 0 aromatic heterocycles. The Balaban J connectivity index is 1.35. The third-order valence-electron chi connectivity index (χ3n) is 5.68. The molecule has 3 nitrogen and oxygen atoms in total. The Bertz CT molecular complexity index is 486. The SMILES string of the molecule is O=C(CCN1CCC(Cc2ccccc2)CC1)N1CCCCCC1. The van der Waals surface area contributed by atoms with Gasteiger partial charge in [-0.2, -0.15) is 0 Å². The van der Waals surface area contributed by atoms with E-state index in [0.717, 1.165) is 38.6 Å². The molecule has 2 fully saturated rings. The Kier molecular flexibility index (Phi) is 6.71. The normalized spacial score (nSPS) is 20.8. The first kappa shape index (κ1) is 17.5. The van der Waals surface area contributed by atoms with Gasteiger partial charge in [-0.25, -0.2) is 0 Å². The van der Waals surface area contributed by atoms with Crippen LogP contribution in [0.5, 0.6) is 0 Å². The van der Waals surface area contributed by atoms with Gasteiger partial charge in [0.25, 0.3) is 0 Å². The number of carbonyl (C=O) groups excluding carboxylic acids is 1. The van der Waals surface area contributed by atoms with E-state index >= 15 is 0 Å². The van der Waals surface area contributed by atoms with Crippen LogP contribution in [0.1, 0.15) is 50.5 Å². The van der Waals surface area contributed by atoms with Gasteiger partial charge in [0.05, 0.1) is 0 Å². The maximum Gasteiger partial charge on any atom is 0.223 e. The minimum absolute atomic E-state index is 0.378. The Morgan fingerprint density at radius 3 is 2.25 bits per heavy atom. The van der Waals surface area contributed by atoms with Crippen molar-refractivity contribution in [3.8, 4) is 0 Å². The first-order chi connectivity index (χ1) is 11.8. The van der Waals surface area contributed by atoms with Crippen LogP contribution in [0.25, 0.3) is 0 Å². The van der Waals surface area contributed by atoms with Gasteiger partial charge in [-0.3, -0.25) is 4.79 Å². The van der Waals surface area contributed by atoms with Gasteiger partial charge in [0, 0.05) is 26.1 Å². The molecule has 0 spiro atoms. The number of carbonyl (C=O) groups is 1. The second kappa shape index (κ2) is 9.22. The third-order valence-corrected chi connectivity index (χ3v) is 5.68. The summed E-state index contributed by atoms with van der Waals surface area (Å²) in [4.78, 5) is 17.0. The summed E-state index contributed by atoms with van der Waals surface area (Å²) in [5.74, 6) is 1.19. The fraction of sp³-hybridized carbons (Fsp3) is 0.667. The highest BCUT2D eigenvalue weighted by atomic mass is 16.2. The van der Waals surface area contributed by atoms with Gasteiger partial charge >= 0.3 is 0 Å². The van der Waals surface area contributed by atoms with E-state index < -0.39 is 0 Å². The standard InChI is InChI=1S/C21H32N2O/c24-21(23-13-6-1-2-7-14-23)12-17-22-15-10-20(11-16-22)18-19-8-4-3-5-9-19/h3-5,8-9,20H,1-2,6-7,10-18H2. The zero-order valence-electron chi connectivity index (χ0n) is 15.0. The molecule has 2 saturated heterocycles. The third kappa shape index (κ3) is 5.34. The van der Waals surface area contributed by atoms with Crippen molar-refractivity contribution in [2.45, 2.75) is 51.4 Å². The molecule has 0 atom stereocenters. The molecule has 1 aromatic carbocycles. The van der Waals surface area contributed by atoms with Gasteiger partial charge in [-0.05, 0) is 56.7 Å². The Hall–Kier alpha value is -1.35. The molecule has 0 saturated carbocycles. The van der Waals surface area contributed by atoms with Gasteiger partial charge in [-0.1, -0.05) is 43.2 Å². The molecule has 1 aromatic rings. The fourth-order valence-corrected chi connectivity index (χ4v) is 4.09. The lowest BCUT2D eigenvalue weighted by molar-refractivity contribution is -0.131. The highest BCUT2D eigenvalue weighted by molar-refractivity contribution is 5.76. The number of likely N-dealkylation sites (tertiary alicyclic amines) is 2. The number of benzene rings is 1. The lowest BCUT2D eigenvalue weighted by Crippen LogP contribution is -2.38. The van der Waals surface area contributed by atoms with Crippen LogP contribution < -0.4 is 0 Å². The fourth-order valence-electron chi connectivity index (χ4n) is 4.09. The summed E-state index contributed by atoms with van der Waals surface area (Å²) < 4.78 is 0. The summed E-state index contributed by atoms with van der Waals surface area (Å²) in [5, 5.41) is 0. The van der Waals surface area contributed by atoms with Crippen molar-refractivity contribution >= 4 is 5.91 Å². The molecule has 2 aliphatic rings. The zero-order valence-corrected chi connectivity index (χ0v) is 15.0. The minimum Gasteiger partial charge on any atom is -0.343 e. The summed E-state index contributed by atoms with van der Waals surface area (Å²) in [6.07, 6.45) is 9.43. The second-order valence-corrected chi connectivity index (χ2v) is 7.52. The second-order valence-electron chi connectivity index (χ2n) is 7.52. The quantitative estimate of drug-likeness (QED) is 0.822. The van der Waals surface area contributed by atoms with Gasteiger partial charge < -0.3 is 9.80 Å². The van der Waals surface area contributed by atoms with Gasteiger partial charge in [-0.15, -0.1) is 0 Å². The summed E-state index contributed by atoms with van der Waals surface area (Å²) >= 11 is 0. The smallest absolute Gasteiger partial charge is 0.223 e. The van der Waals surface area contributed by atoms with Crippen molar-refractivity contribution in [1.29, 1.82) is 0 Å². The molecular weight excluding hydrogens is 296 g/mol.